The number of hydrogen-bond acceptors (Lipinski definition) is 5. The normalized spacial score (nSPS) is 24.2. The molecule has 1 amide bonds. The monoisotopic (exact) mass is 404 g/mol. The molecule has 148 valence electrons. The van der Waals surface area contributed by atoms with E-state index in [0.717, 1.165) is 5.56 Å². The van der Waals surface area contributed by atoms with Crippen molar-refractivity contribution in [3.05, 3.63) is 59.9 Å². The highest BCUT2D eigenvalue weighted by molar-refractivity contribution is 7.91. The number of piperazine rings is 1. The lowest BCUT2D eigenvalue weighted by atomic mass is 10.0. The molecule has 0 saturated carbocycles. The molecule has 0 N–H and O–H groups in total. The zero-order valence-electron chi connectivity index (χ0n) is 15.4. The van der Waals surface area contributed by atoms with E-state index in [9.17, 15) is 17.6 Å². The summed E-state index contributed by atoms with van der Waals surface area (Å²) < 4.78 is 43.1. The van der Waals surface area contributed by atoms with Crippen LogP contribution in [0.1, 0.15) is 5.56 Å². The highest BCUT2D eigenvalue weighted by Gasteiger charge is 2.49. The van der Waals surface area contributed by atoms with Gasteiger partial charge in [-0.3, -0.25) is 9.69 Å². The van der Waals surface area contributed by atoms with Crippen LogP contribution in [-0.4, -0.2) is 56.5 Å². The Morgan fingerprint density at radius 3 is 2.32 bits per heavy atom. The van der Waals surface area contributed by atoms with Gasteiger partial charge in [-0.15, -0.1) is 0 Å². The van der Waals surface area contributed by atoms with Crippen molar-refractivity contribution in [1.82, 2.24) is 4.90 Å². The second-order valence-electron chi connectivity index (χ2n) is 7.20. The summed E-state index contributed by atoms with van der Waals surface area (Å²) in [5.41, 5.74) is 1.51. The van der Waals surface area contributed by atoms with E-state index in [2.05, 4.69) is 0 Å². The van der Waals surface area contributed by atoms with Crippen molar-refractivity contribution in [2.75, 3.05) is 30.1 Å². The molecular formula is C20H21FN2O4S. The zero-order chi connectivity index (χ0) is 19.9. The van der Waals surface area contributed by atoms with Gasteiger partial charge in [-0.25, -0.2) is 12.8 Å². The van der Waals surface area contributed by atoms with E-state index in [1.165, 1.54) is 12.1 Å². The first-order chi connectivity index (χ1) is 13.4. The van der Waals surface area contributed by atoms with Crippen LogP contribution in [0.5, 0.6) is 5.75 Å². The Morgan fingerprint density at radius 2 is 1.68 bits per heavy atom. The van der Waals surface area contributed by atoms with Crippen molar-refractivity contribution in [3.8, 4) is 5.75 Å². The first-order valence-corrected chi connectivity index (χ1v) is 10.8. The van der Waals surface area contributed by atoms with Gasteiger partial charge < -0.3 is 9.64 Å². The maximum Gasteiger partial charge on any atom is 0.241 e. The van der Waals surface area contributed by atoms with Crippen molar-refractivity contribution in [3.63, 3.8) is 0 Å². The number of carbonyl (C=O) groups excluding carboxylic acids is 1. The molecule has 0 aliphatic carbocycles. The second kappa shape index (κ2) is 7.18. The molecule has 0 aromatic heterocycles. The minimum atomic E-state index is -3.26. The summed E-state index contributed by atoms with van der Waals surface area (Å²) in [6.07, 6.45) is 0. The minimum absolute atomic E-state index is 0.0127. The van der Waals surface area contributed by atoms with Crippen LogP contribution >= 0.6 is 0 Å². The molecule has 2 fully saturated rings. The van der Waals surface area contributed by atoms with Crippen LogP contribution in [0.4, 0.5) is 10.1 Å². The van der Waals surface area contributed by atoms with E-state index < -0.39 is 15.9 Å². The Morgan fingerprint density at radius 1 is 1.04 bits per heavy atom. The van der Waals surface area contributed by atoms with Crippen molar-refractivity contribution >= 4 is 21.4 Å². The highest BCUT2D eigenvalue weighted by atomic mass is 32.2. The largest absolute Gasteiger partial charge is 0.497 e. The van der Waals surface area contributed by atoms with Crippen LogP contribution in [0.2, 0.25) is 0 Å². The number of nitrogens with zero attached hydrogens (tertiary/aromatic N) is 2. The predicted octanol–water partition coefficient (Wildman–Crippen LogP) is 1.85. The lowest BCUT2D eigenvalue weighted by Gasteiger charge is -2.43. The van der Waals surface area contributed by atoms with E-state index in [1.807, 2.05) is 4.90 Å². The van der Waals surface area contributed by atoms with Crippen molar-refractivity contribution in [1.29, 1.82) is 0 Å². The topological polar surface area (TPSA) is 66.9 Å². The van der Waals surface area contributed by atoms with E-state index in [1.54, 1.807) is 48.4 Å². The van der Waals surface area contributed by atoms with Crippen LogP contribution in [0.25, 0.3) is 0 Å². The van der Waals surface area contributed by atoms with E-state index in [0.29, 0.717) is 18.0 Å². The number of rotatable bonds is 4. The number of anilines is 1. The van der Waals surface area contributed by atoms with Crippen LogP contribution in [0.3, 0.4) is 0 Å². The van der Waals surface area contributed by atoms with E-state index >= 15 is 0 Å². The smallest absolute Gasteiger partial charge is 0.241 e. The quantitative estimate of drug-likeness (QED) is 0.778. The maximum absolute atomic E-state index is 13.2. The molecular weight excluding hydrogens is 383 g/mol. The van der Waals surface area contributed by atoms with Gasteiger partial charge in [0.15, 0.2) is 9.84 Å². The molecule has 0 bridgehead atoms. The third-order valence-corrected chi connectivity index (χ3v) is 7.05. The van der Waals surface area contributed by atoms with Crippen LogP contribution < -0.4 is 9.64 Å². The fraction of sp³-hybridized carbons (Fsp3) is 0.350. The summed E-state index contributed by atoms with van der Waals surface area (Å²) in [6.45, 7) is 0.513. The van der Waals surface area contributed by atoms with Gasteiger partial charge in [-0.1, -0.05) is 12.1 Å². The summed E-state index contributed by atoms with van der Waals surface area (Å²) in [5, 5.41) is 0. The van der Waals surface area contributed by atoms with Gasteiger partial charge in [0.2, 0.25) is 5.91 Å². The van der Waals surface area contributed by atoms with Crippen molar-refractivity contribution < 1.29 is 22.3 Å². The molecule has 2 aliphatic heterocycles. The molecule has 2 heterocycles. The van der Waals surface area contributed by atoms with Gasteiger partial charge in [0, 0.05) is 18.3 Å². The molecule has 0 radical (unpaired) electrons. The molecule has 2 aromatic rings. The zero-order valence-corrected chi connectivity index (χ0v) is 16.2. The molecule has 2 aliphatic rings. The van der Waals surface area contributed by atoms with Crippen molar-refractivity contribution in [2.24, 2.45) is 0 Å². The molecule has 2 atom stereocenters. The summed E-state index contributed by atoms with van der Waals surface area (Å²) in [7, 11) is -1.69. The Labute approximate surface area is 163 Å². The van der Waals surface area contributed by atoms with Gasteiger partial charge in [0.1, 0.15) is 11.6 Å². The summed E-state index contributed by atoms with van der Waals surface area (Å²) in [6, 6.07) is 12.4. The number of amides is 1. The Bertz CT molecular complexity index is 976. The van der Waals surface area contributed by atoms with Gasteiger partial charge in [0.25, 0.3) is 0 Å². The summed E-state index contributed by atoms with van der Waals surface area (Å²) in [4.78, 5) is 16.5. The third-order valence-electron chi connectivity index (χ3n) is 5.35. The van der Waals surface area contributed by atoms with Gasteiger partial charge in [-0.05, 0) is 42.0 Å². The highest BCUT2D eigenvalue weighted by Crippen LogP contribution is 2.33. The molecule has 2 saturated heterocycles. The third kappa shape index (κ3) is 3.62. The molecule has 28 heavy (non-hydrogen) atoms. The first kappa shape index (κ1) is 18.9. The van der Waals surface area contributed by atoms with Crippen LogP contribution in [0, 0.1) is 5.82 Å². The van der Waals surface area contributed by atoms with Gasteiger partial charge in [0.05, 0.1) is 31.2 Å². The maximum atomic E-state index is 13.2. The SMILES string of the molecule is COc1ccc(N2C(=O)CN(Cc3ccc(F)cc3)[C@@H]3CS(=O)(=O)C[C@@H]32)cc1. The fourth-order valence-electron chi connectivity index (χ4n) is 4.03. The number of benzene rings is 2. The molecule has 2 aromatic carbocycles. The first-order valence-electron chi connectivity index (χ1n) is 9.01. The number of sulfone groups is 1. The molecule has 4 rings (SSSR count). The van der Waals surface area contributed by atoms with E-state index in [4.69, 9.17) is 4.74 Å². The van der Waals surface area contributed by atoms with Crippen LogP contribution in [0.15, 0.2) is 48.5 Å². The van der Waals surface area contributed by atoms with Gasteiger partial charge >= 0.3 is 0 Å². The fourth-order valence-corrected chi connectivity index (χ4v) is 6.01. The lowest BCUT2D eigenvalue weighted by Crippen LogP contribution is -2.61. The number of hydrogen-bond donors (Lipinski definition) is 0. The molecule has 0 spiro atoms. The number of halogens is 1. The average molecular weight is 404 g/mol. The number of methoxy groups -OCH3 is 1. The number of ether oxygens (including phenoxy) is 1. The van der Waals surface area contributed by atoms with Crippen molar-refractivity contribution in [2.45, 2.75) is 18.6 Å². The summed E-state index contributed by atoms with van der Waals surface area (Å²) >= 11 is 0. The average Bonchev–Trinajstić information content (AvgIpc) is 2.99. The van der Waals surface area contributed by atoms with E-state index in [-0.39, 0.29) is 35.8 Å². The Kier molecular flexibility index (Phi) is 4.84. The molecule has 8 heteroatoms. The molecule has 0 unspecified atom stereocenters. The second-order valence-corrected chi connectivity index (χ2v) is 9.36. The standard InChI is InChI=1S/C20H21FN2O4S/c1-27-17-8-6-16(7-9-17)23-19-13-28(25,26)12-18(19)22(11-20(23)24)10-14-2-4-15(21)5-3-14/h2-9,18-19H,10-13H2,1H3/t18-,19+/m1/s1. The molecule has 6 nitrogen and oxygen atoms in total. The number of fused-ring (bicyclic) bond motifs is 1. The number of carbonyl (C=O) groups is 1. The predicted molar refractivity (Wildman–Crippen MR) is 104 cm³/mol. The van der Waals surface area contributed by atoms with Crippen LogP contribution in [-0.2, 0) is 21.2 Å². The lowest BCUT2D eigenvalue weighted by molar-refractivity contribution is -0.123. The summed E-state index contributed by atoms with van der Waals surface area (Å²) in [5.74, 6) is 0.145. The Balaban J connectivity index is 1.64. The Hall–Kier alpha value is -2.45. The van der Waals surface area contributed by atoms with Gasteiger partial charge in [-0.2, -0.15) is 0 Å². The minimum Gasteiger partial charge on any atom is -0.497 e.